The maximum atomic E-state index is 13.8. The van der Waals surface area contributed by atoms with Gasteiger partial charge in [-0.05, 0) is 18.2 Å². The normalized spacial score (nSPS) is 14.4. The second-order valence-electron chi connectivity index (χ2n) is 5.83. The molecule has 1 aromatic carbocycles. The molecule has 1 amide bonds. The topological polar surface area (TPSA) is 67.8 Å². The minimum Gasteiger partial charge on any atom is -0.474 e. The number of benzene rings is 1. The molecule has 3 rings (SSSR count). The number of halogens is 1. The fraction of sp³-hybridized carbons (Fsp3) is 0.389. The van der Waals surface area contributed by atoms with Crippen molar-refractivity contribution in [2.24, 2.45) is 0 Å². The van der Waals surface area contributed by atoms with E-state index in [0.29, 0.717) is 45.3 Å². The number of carbonyl (C=O) groups is 1. The number of anilines is 1. The first-order chi connectivity index (χ1) is 12.7. The molecule has 0 unspecified atom stereocenters. The van der Waals surface area contributed by atoms with Gasteiger partial charge in [0.2, 0.25) is 5.88 Å². The zero-order chi connectivity index (χ0) is 18.4. The Bertz CT molecular complexity index is 733. The first-order valence-corrected chi connectivity index (χ1v) is 8.43. The summed E-state index contributed by atoms with van der Waals surface area (Å²) in [4.78, 5) is 16.1. The van der Waals surface area contributed by atoms with E-state index in [0.717, 1.165) is 5.82 Å². The van der Waals surface area contributed by atoms with Crippen LogP contribution in [0, 0.1) is 5.82 Å². The van der Waals surface area contributed by atoms with Gasteiger partial charge in [0.15, 0.2) is 5.82 Å². The van der Waals surface area contributed by atoms with E-state index in [-0.39, 0.29) is 11.5 Å². The van der Waals surface area contributed by atoms with E-state index in [1.807, 2.05) is 11.0 Å². The van der Waals surface area contributed by atoms with Gasteiger partial charge >= 0.3 is 0 Å². The lowest BCUT2D eigenvalue weighted by Gasteiger charge is -2.35. The lowest BCUT2D eigenvalue weighted by Crippen LogP contribution is -2.49. The van der Waals surface area contributed by atoms with Gasteiger partial charge in [-0.1, -0.05) is 12.1 Å². The van der Waals surface area contributed by atoms with Gasteiger partial charge in [-0.15, -0.1) is 10.2 Å². The molecule has 0 N–H and O–H groups in total. The number of aromatic nitrogens is 2. The fourth-order valence-corrected chi connectivity index (χ4v) is 2.73. The molecule has 138 valence electrons. The summed E-state index contributed by atoms with van der Waals surface area (Å²) in [6.45, 7) is 3.13. The third-order valence-corrected chi connectivity index (χ3v) is 4.16. The molecule has 1 aliphatic heterocycles. The van der Waals surface area contributed by atoms with E-state index in [2.05, 4.69) is 10.2 Å². The Morgan fingerprint density at radius 2 is 1.85 bits per heavy atom. The largest absolute Gasteiger partial charge is 0.474 e. The van der Waals surface area contributed by atoms with Crippen LogP contribution in [-0.2, 0) is 4.74 Å². The van der Waals surface area contributed by atoms with E-state index in [9.17, 15) is 9.18 Å². The van der Waals surface area contributed by atoms with Crippen molar-refractivity contribution in [3.8, 4) is 5.88 Å². The maximum Gasteiger partial charge on any atom is 0.256 e. The van der Waals surface area contributed by atoms with Crippen LogP contribution >= 0.6 is 0 Å². The van der Waals surface area contributed by atoms with Gasteiger partial charge in [0.25, 0.3) is 5.91 Å². The summed E-state index contributed by atoms with van der Waals surface area (Å²) in [6, 6.07) is 9.65. The third-order valence-electron chi connectivity index (χ3n) is 4.16. The van der Waals surface area contributed by atoms with Gasteiger partial charge < -0.3 is 19.3 Å². The van der Waals surface area contributed by atoms with Crippen LogP contribution in [0.3, 0.4) is 0 Å². The highest BCUT2D eigenvalue weighted by Gasteiger charge is 2.24. The van der Waals surface area contributed by atoms with Crippen LogP contribution in [0.25, 0.3) is 0 Å². The van der Waals surface area contributed by atoms with E-state index in [4.69, 9.17) is 9.47 Å². The van der Waals surface area contributed by atoms with Crippen molar-refractivity contribution in [2.75, 3.05) is 51.4 Å². The van der Waals surface area contributed by atoms with Gasteiger partial charge in [0.05, 0.1) is 12.2 Å². The third kappa shape index (κ3) is 4.26. The summed E-state index contributed by atoms with van der Waals surface area (Å²) < 4.78 is 24.1. The smallest absolute Gasteiger partial charge is 0.256 e. The molecule has 0 saturated carbocycles. The van der Waals surface area contributed by atoms with Crippen LogP contribution in [0.4, 0.5) is 10.2 Å². The molecular weight excluding hydrogens is 339 g/mol. The van der Waals surface area contributed by atoms with Crippen LogP contribution < -0.4 is 9.64 Å². The summed E-state index contributed by atoms with van der Waals surface area (Å²) in [7, 11) is 1.61. The van der Waals surface area contributed by atoms with Crippen LogP contribution in [0.15, 0.2) is 36.4 Å². The number of ether oxygens (including phenoxy) is 2. The first-order valence-electron chi connectivity index (χ1n) is 8.43. The summed E-state index contributed by atoms with van der Waals surface area (Å²) in [5.41, 5.74) is 0.110. The lowest BCUT2D eigenvalue weighted by molar-refractivity contribution is 0.0741. The highest BCUT2D eigenvalue weighted by Crippen LogP contribution is 2.17. The van der Waals surface area contributed by atoms with E-state index >= 15 is 0 Å². The minimum absolute atomic E-state index is 0.110. The Kier molecular flexibility index (Phi) is 5.96. The van der Waals surface area contributed by atoms with Crippen LogP contribution in [0.1, 0.15) is 10.4 Å². The van der Waals surface area contributed by atoms with E-state index in [1.165, 1.54) is 12.1 Å². The average Bonchev–Trinajstić information content (AvgIpc) is 2.69. The van der Waals surface area contributed by atoms with Crippen LogP contribution in [0.2, 0.25) is 0 Å². The molecule has 0 spiro atoms. The Labute approximate surface area is 151 Å². The highest BCUT2D eigenvalue weighted by atomic mass is 19.1. The van der Waals surface area contributed by atoms with Crippen molar-refractivity contribution in [3.63, 3.8) is 0 Å². The molecular formula is C18H21FN4O3. The zero-order valence-corrected chi connectivity index (χ0v) is 14.6. The number of hydrogen-bond acceptors (Lipinski definition) is 6. The second kappa shape index (κ2) is 8.57. The summed E-state index contributed by atoms with van der Waals surface area (Å²) >= 11 is 0. The standard InChI is InChI=1S/C18H21FN4O3/c1-25-12-13-26-17-7-6-16(20-21-17)22-8-10-23(11-9-22)18(24)14-4-2-3-5-15(14)19/h2-7H,8-13H2,1H3. The second-order valence-corrected chi connectivity index (χ2v) is 5.83. The molecule has 0 atom stereocenters. The number of carbonyl (C=O) groups excluding carboxylic acids is 1. The number of hydrogen-bond donors (Lipinski definition) is 0. The summed E-state index contributed by atoms with van der Waals surface area (Å²) in [5, 5.41) is 8.21. The Hall–Kier alpha value is -2.74. The molecule has 26 heavy (non-hydrogen) atoms. The highest BCUT2D eigenvalue weighted by molar-refractivity contribution is 5.94. The monoisotopic (exact) mass is 360 g/mol. The van der Waals surface area contributed by atoms with E-state index in [1.54, 1.807) is 30.2 Å². The molecule has 1 aromatic heterocycles. The van der Waals surface area contributed by atoms with Gasteiger partial charge in [-0.2, -0.15) is 0 Å². The van der Waals surface area contributed by atoms with Gasteiger partial charge in [0, 0.05) is 39.4 Å². The molecule has 8 heteroatoms. The van der Waals surface area contributed by atoms with Crippen molar-refractivity contribution in [2.45, 2.75) is 0 Å². The Morgan fingerprint density at radius 1 is 1.08 bits per heavy atom. The molecule has 0 bridgehead atoms. The predicted octanol–water partition coefficient (Wildman–Crippen LogP) is 1.60. The molecule has 2 heterocycles. The molecule has 0 radical (unpaired) electrons. The van der Waals surface area contributed by atoms with Crippen molar-refractivity contribution in [1.29, 1.82) is 0 Å². The molecule has 1 fully saturated rings. The SMILES string of the molecule is COCCOc1ccc(N2CCN(C(=O)c3ccccc3F)CC2)nn1. The average molecular weight is 360 g/mol. The van der Waals surface area contributed by atoms with Crippen LogP contribution in [0.5, 0.6) is 5.88 Å². The molecule has 7 nitrogen and oxygen atoms in total. The predicted molar refractivity (Wildman–Crippen MR) is 93.9 cm³/mol. The van der Waals surface area contributed by atoms with Gasteiger partial charge in [0.1, 0.15) is 12.4 Å². The number of methoxy groups -OCH3 is 1. The van der Waals surface area contributed by atoms with Crippen molar-refractivity contribution >= 4 is 11.7 Å². The molecule has 0 aliphatic carbocycles. The van der Waals surface area contributed by atoms with Crippen molar-refractivity contribution < 1.29 is 18.7 Å². The maximum absolute atomic E-state index is 13.8. The Morgan fingerprint density at radius 3 is 2.50 bits per heavy atom. The summed E-state index contributed by atoms with van der Waals surface area (Å²) in [6.07, 6.45) is 0. The quantitative estimate of drug-likeness (QED) is 0.729. The van der Waals surface area contributed by atoms with Crippen molar-refractivity contribution in [3.05, 3.63) is 47.8 Å². The number of rotatable bonds is 6. The molecule has 1 saturated heterocycles. The van der Waals surface area contributed by atoms with Gasteiger partial charge in [-0.3, -0.25) is 4.79 Å². The minimum atomic E-state index is -0.491. The molecule has 2 aromatic rings. The van der Waals surface area contributed by atoms with Gasteiger partial charge in [-0.25, -0.2) is 4.39 Å². The lowest BCUT2D eigenvalue weighted by atomic mass is 10.1. The number of amides is 1. The number of piperazine rings is 1. The number of nitrogens with zero attached hydrogens (tertiary/aromatic N) is 4. The fourth-order valence-electron chi connectivity index (χ4n) is 2.73. The van der Waals surface area contributed by atoms with E-state index < -0.39 is 5.82 Å². The molecule has 1 aliphatic rings. The first kappa shape index (κ1) is 18.1. The summed E-state index contributed by atoms with van der Waals surface area (Å²) in [5.74, 6) is 0.395. The zero-order valence-electron chi connectivity index (χ0n) is 14.6. The Balaban J connectivity index is 1.55. The van der Waals surface area contributed by atoms with Crippen molar-refractivity contribution in [1.82, 2.24) is 15.1 Å². The van der Waals surface area contributed by atoms with Crippen LogP contribution in [-0.4, -0.2) is 67.5 Å².